The standard InChI is InChI=1S/C20H24N2O3/c23-19(16-9-3-1-4-10-16)18(15-22-13-7-8-14-22)21-20(24)25-17-11-5-2-6-12-17/h1-6,9-12,18-19,23H,7-8,13-15H2,(H,21,24). The second-order valence-electron chi connectivity index (χ2n) is 6.32. The molecule has 0 radical (unpaired) electrons. The van der Waals surface area contributed by atoms with Crippen molar-refractivity contribution in [3.8, 4) is 5.75 Å². The Morgan fingerprint density at radius 3 is 2.28 bits per heavy atom. The Morgan fingerprint density at radius 2 is 1.64 bits per heavy atom. The summed E-state index contributed by atoms with van der Waals surface area (Å²) in [4.78, 5) is 14.5. The highest BCUT2D eigenvalue weighted by molar-refractivity contribution is 5.70. The number of rotatable bonds is 6. The fourth-order valence-electron chi connectivity index (χ4n) is 3.13. The van der Waals surface area contributed by atoms with E-state index in [0.717, 1.165) is 31.5 Å². The average molecular weight is 340 g/mol. The molecule has 1 fully saturated rings. The first-order valence-electron chi connectivity index (χ1n) is 8.71. The lowest BCUT2D eigenvalue weighted by molar-refractivity contribution is 0.103. The number of nitrogens with one attached hydrogen (secondary N) is 1. The molecule has 0 aliphatic carbocycles. The van der Waals surface area contributed by atoms with Crippen molar-refractivity contribution in [2.75, 3.05) is 19.6 Å². The van der Waals surface area contributed by atoms with Gasteiger partial charge in [0.25, 0.3) is 0 Å². The number of aliphatic hydroxyl groups is 1. The number of hydrogen-bond donors (Lipinski definition) is 2. The molecule has 3 rings (SSSR count). The van der Waals surface area contributed by atoms with Crippen LogP contribution >= 0.6 is 0 Å². The van der Waals surface area contributed by atoms with Gasteiger partial charge in [-0.25, -0.2) is 4.79 Å². The molecule has 0 saturated carbocycles. The molecule has 2 atom stereocenters. The van der Waals surface area contributed by atoms with Crippen LogP contribution in [0.3, 0.4) is 0 Å². The van der Waals surface area contributed by atoms with Gasteiger partial charge in [0.15, 0.2) is 0 Å². The number of nitrogens with zero attached hydrogens (tertiary/aromatic N) is 1. The third kappa shape index (κ3) is 5.05. The van der Waals surface area contributed by atoms with Gasteiger partial charge in [-0.05, 0) is 43.6 Å². The Hall–Kier alpha value is -2.37. The van der Waals surface area contributed by atoms with Crippen molar-refractivity contribution in [1.82, 2.24) is 10.2 Å². The van der Waals surface area contributed by atoms with Crippen LogP contribution in [0.4, 0.5) is 4.79 Å². The van der Waals surface area contributed by atoms with Crippen LogP contribution in [-0.2, 0) is 0 Å². The molecule has 0 aromatic heterocycles. The summed E-state index contributed by atoms with van der Waals surface area (Å²) in [7, 11) is 0. The number of amides is 1. The Bertz CT molecular complexity index is 657. The van der Waals surface area contributed by atoms with Gasteiger partial charge in [0.05, 0.1) is 6.04 Å². The predicted molar refractivity (Wildman–Crippen MR) is 96.5 cm³/mol. The summed E-state index contributed by atoms with van der Waals surface area (Å²) >= 11 is 0. The van der Waals surface area contributed by atoms with E-state index in [4.69, 9.17) is 4.74 Å². The fourth-order valence-corrected chi connectivity index (χ4v) is 3.13. The molecule has 1 heterocycles. The number of carbonyl (C=O) groups excluding carboxylic acids is 1. The van der Waals surface area contributed by atoms with Gasteiger partial charge in [0.1, 0.15) is 11.9 Å². The lowest BCUT2D eigenvalue weighted by Gasteiger charge is -2.28. The summed E-state index contributed by atoms with van der Waals surface area (Å²) in [5.41, 5.74) is 0.784. The maximum atomic E-state index is 12.3. The third-order valence-electron chi connectivity index (χ3n) is 4.43. The van der Waals surface area contributed by atoms with Gasteiger partial charge in [-0.15, -0.1) is 0 Å². The first kappa shape index (κ1) is 17.5. The minimum atomic E-state index is -0.787. The number of carbonyl (C=O) groups is 1. The lowest BCUT2D eigenvalue weighted by Crippen LogP contribution is -2.47. The highest BCUT2D eigenvalue weighted by Crippen LogP contribution is 2.19. The topological polar surface area (TPSA) is 61.8 Å². The van der Waals surface area contributed by atoms with Gasteiger partial charge in [-0.3, -0.25) is 0 Å². The molecular weight excluding hydrogens is 316 g/mol. The smallest absolute Gasteiger partial charge is 0.410 e. The Balaban J connectivity index is 1.67. The minimum Gasteiger partial charge on any atom is -0.410 e. The van der Waals surface area contributed by atoms with E-state index < -0.39 is 18.2 Å². The Kier molecular flexibility index (Phi) is 6.04. The normalized spacial score (nSPS) is 17.0. The zero-order valence-corrected chi connectivity index (χ0v) is 14.2. The largest absolute Gasteiger partial charge is 0.412 e. The summed E-state index contributed by atoms with van der Waals surface area (Å²) in [6.45, 7) is 2.58. The molecule has 2 unspecified atom stereocenters. The van der Waals surface area contributed by atoms with Crippen molar-refractivity contribution in [2.24, 2.45) is 0 Å². The molecule has 2 aromatic carbocycles. The van der Waals surface area contributed by atoms with Crippen LogP contribution in [0.2, 0.25) is 0 Å². The quantitative estimate of drug-likeness (QED) is 0.849. The Labute approximate surface area is 148 Å². The van der Waals surface area contributed by atoms with Crippen LogP contribution in [0.1, 0.15) is 24.5 Å². The van der Waals surface area contributed by atoms with Gasteiger partial charge in [0.2, 0.25) is 0 Å². The maximum absolute atomic E-state index is 12.3. The van der Waals surface area contributed by atoms with Crippen LogP contribution in [0.5, 0.6) is 5.75 Å². The second-order valence-corrected chi connectivity index (χ2v) is 6.32. The van der Waals surface area contributed by atoms with Gasteiger partial charge in [0, 0.05) is 6.54 Å². The van der Waals surface area contributed by atoms with E-state index in [1.807, 2.05) is 48.5 Å². The van der Waals surface area contributed by atoms with E-state index in [9.17, 15) is 9.90 Å². The molecule has 1 aliphatic rings. The van der Waals surface area contributed by atoms with Crippen molar-refractivity contribution in [3.05, 3.63) is 66.2 Å². The number of hydrogen-bond acceptors (Lipinski definition) is 4. The molecule has 0 bridgehead atoms. The van der Waals surface area contributed by atoms with E-state index in [1.165, 1.54) is 0 Å². The van der Waals surface area contributed by atoms with Crippen molar-refractivity contribution in [1.29, 1.82) is 0 Å². The maximum Gasteiger partial charge on any atom is 0.412 e. The second kappa shape index (κ2) is 8.65. The van der Waals surface area contributed by atoms with Gasteiger partial charge >= 0.3 is 6.09 Å². The highest BCUT2D eigenvalue weighted by atomic mass is 16.6. The van der Waals surface area contributed by atoms with E-state index in [1.54, 1.807) is 12.1 Å². The van der Waals surface area contributed by atoms with Crippen LogP contribution in [0, 0.1) is 0 Å². The minimum absolute atomic E-state index is 0.434. The van der Waals surface area contributed by atoms with E-state index >= 15 is 0 Å². The van der Waals surface area contributed by atoms with Crippen molar-refractivity contribution in [3.63, 3.8) is 0 Å². The average Bonchev–Trinajstić information content (AvgIpc) is 3.15. The predicted octanol–water partition coefficient (Wildman–Crippen LogP) is 2.97. The monoisotopic (exact) mass is 340 g/mol. The highest BCUT2D eigenvalue weighted by Gasteiger charge is 2.27. The zero-order chi connectivity index (χ0) is 17.5. The number of para-hydroxylation sites is 1. The molecule has 132 valence electrons. The molecule has 5 nitrogen and oxygen atoms in total. The molecule has 1 amide bonds. The molecular formula is C20H24N2O3. The van der Waals surface area contributed by atoms with Gasteiger partial charge < -0.3 is 20.1 Å². The summed E-state index contributed by atoms with van der Waals surface area (Å²) in [6.07, 6.45) is 0.973. The van der Waals surface area contributed by atoms with E-state index in [-0.39, 0.29) is 0 Å². The summed E-state index contributed by atoms with van der Waals surface area (Å²) in [5.74, 6) is 0.481. The van der Waals surface area contributed by atoms with E-state index in [2.05, 4.69) is 10.2 Å². The van der Waals surface area contributed by atoms with Crippen LogP contribution < -0.4 is 10.1 Å². The van der Waals surface area contributed by atoms with Crippen LogP contribution in [-0.4, -0.2) is 41.8 Å². The summed E-state index contributed by atoms with van der Waals surface area (Å²) in [5, 5.41) is 13.6. The first-order valence-corrected chi connectivity index (χ1v) is 8.71. The molecule has 2 N–H and O–H groups in total. The third-order valence-corrected chi connectivity index (χ3v) is 4.43. The molecule has 2 aromatic rings. The fraction of sp³-hybridized carbons (Fsp3) is 0.350. The van der Waals surface area contributed by atoms with Crippen LogP contribution in [0.15, 0.2) is 60.7 Å². The van der Waals surface area contributed by atoms with Crippen molar-refractivity contribution in [2.45, 2.75) is 25.0 Å². The molecule has 1 saturated heterocycles. The molecule has 1 aliphatic heterocycles. The summed E-state index contributed by atoms with van der Waals surface area (Å²) < 4.78 is 5.32. The Morgan fingerprint density at radius 1 is 1.04 bits per heavy atom. The number of aliphatic hydroxyl groups excluding tert-OH is 1. The number of ether oxygens (including phenoxy) is 1. The number of benzene rings is 2. The first-order chi connectivity index (χ1) is 12.2. The van der Waals surface area contributed by atoms with E-state index in [0.29, 0.717) is 12.3 Å². The zero-order valence-electron chi connectivity index (χ0n) is 14.2. The molecule has 25 heavy (non-hydrogen) atoms. The van der Waals surface area contributed by atoms with Gasteiger partial charge in [-0.2, -0.15) is 0 Å². The molecule has 0 spiro atoms. The number of likely N-dealkylation sites (tertiary alicyclic amines) is 1. The molecule has 5 heteroatoms. The van der Waals surface area contributed by atoms with Crippen molar-refractivity contribution < 1.29 is 14.6 Å². The SMILES string of the molecule is O=C(NC(CN1CCCC1)C(O)c1ccccc1)Oc1ccccc1. The lowest BCUT2D eigenvalue weighted by atomic mass is 10.0. The van der Waals surface area contributed by atoms with Gasteiger partial charge in [-0.1, -0.05) is 48.5 Å². The summed E-state index contributed by atoms with van der Waals surface area (Å²) in [6, 6.07) is 17.9. The van der Waals surface area contributed by atoms with Crippen molar-refractivity contribution >= 4 is 6.09 Å². The van der Waals surface area contributed by atoms with Crippen LogP contribution in [0.25, 0.3) is 0 Å².